The Morgan fingerprint density at radius 3 is 2.58 bits per heavy atom. The average molecular weight is 344 g/mol. The van der Waals surface area contributed by atoms with Gasteiger partial charge in [0, 0.05) is 17.3 Å². The van der Waals surface area contributed by atoms with E-state index in [1.54, 1.807) is 17.1 Å². The maximum absolute atomic E-state index is 11.4. The minimum absolute atomic E-state index is 0.0896. The lowest BCUT2D eigenvalue weighted by Crippen LogP contribution is -2.11. The van der Waals surface area contributed by atoms with Crippen molar-refractivity contribution >= 4 is 17.0 Å². The van der Waals surface area contributed by atoms with Gasteiger partial charge in [0.25, 0.3) is 0 Å². The number of esters is 1. The van der Waals surface area contributed by atoms with Gasteiger partial charge in [-0.25, -0.2) is 4.98 Å². The van der Waals surface area contributed by atoms with E-state index in [1.165, 1.54) is 7.11 Å². The highest BCUT2D eigenvalue weighted by Gasteiger charge is 2.08. The molecule has 0 saturated carbocycles. The summed E-state index contributed by atoms with van der Waals surface area (Å²) in [5.74, 6) is -0.333. The molecule has 6 heteroatoms. The maximum Gasteiger partial charge on any atom is 0.327 e. The molecule has 4 rings (SSSR count). The number of fused-ring (bicyclic) bond motifs is 1. The maximum atomic E-state index is 11.4. The van der Waals surface area contributed by atoms with Crippen LogP contribution in [0, 0.1) is 0 Å². The lowest BCUT2D eigenvalue weighted by atomic mass is 10.1. The Morgan fingerprint density at radius 2 is 1.77 bits per heavy atom. The van der Waals surface area contributed by atoms with E-state index in [0.29, 0.717) is 0 Å². The van der Waals surface area contributed by atoms with Gasteiger partial charge in [0.15, 0.2) is 0 Å². The van der Waals surface area contributed by atoms with Gasteiger partial charge in [-0.05, 0) is 24.3 Å². The van der Waals surface area contributed by atoms with Crippen LogP contribution in [0.2, 0.25) is 0 Å². The summed E-state index contributed by atoms with van der Waals surface area (Å²) < 4.78 is 6.23. The SMILES string of the molecule is COC(=O)Cn1ccc(-c2cccc(-c3cnc4ccccc4n3)c2)n1. The predicted molar refractivity (Wildman–Crippen MR) is 98.2 cm³/mol. The Hall–Kier alpha value is -3.54. The van der Waals surface area contributed by atoms with Crippen LogP contribution in [-0.2, 0) is 16.1 Å². The monoisotopic (exact) mass is 344 g/mol. The van der Waals surface area contributed by atoms with Crippen molar-refractivity contribution in [2.75, 3.05) is 7.11 Å². The van der Waals surface area contributed by atoms with Gasteiger partial charge in [-0.2, -0.15) is 5.10 Å². The number of carbonyl (C=O) groups is 1. The van der Waals surface area contributed by atoms with E-state index in [4.69, 9.17) is 0 Å². The Kier molecular flexibility index (Phi) is 4.15. The van der Waals surface area contributed by atoms with Gasteiger partial charge in [-0.3, -0.25) is 14.5 Å². The van der Waals surface area contributed by atoms with Crippen LogP contribution < -0.4 is 0 Å². The normalized spacial score (nSPS) is 10.8. The Labute approximate surface area is 150 Å². The van der Waals surface area contributed by atoms with Gasteiger partial charge in [-0.15, -0.1) is 0 Å². The Balaban J connectivity index is 1.67. The Morgan fingerprint density at radius 1 is 1.00 bits per heavy atom. The molecule has 0 bridgehead atoms. The van der Waals surface area contributed by atoms with Crippen LogP contribution in [0.5, 0.6) is 0 Å². The first-order valence-corrected chi connectivity index (χ1v) is 8.16. The third-order valence-electron chi connectivity index (χ3n) is 4.06. The molecule has 0 fully saturated rings. The van der Waals surface area contributed by atoms with E-state index in [-0.39, 0.29) is 12.5 Å². The first-order chi connectivity index (χ1) is 12.7. The number of hydrogen-bond donors (Lipinski definition) is 0. The van der Waals surface area contributed by atoms with E-state index in [2.05, 4.69) is 19.8 Å². The first-order valence-electron chi connectivity index (χ1n) is 8.16. The van der Waals surface area contributed by atoms with Crippen LogP contribution in [0.4, 0.5) is 0 Å². The lowest BCUT2D eigenvalue weighted by Gasteiger charge is -2.05. The summed E-state index contributed by atoms with van der Waals surface area (Å²) in [7, 11) is 1.36. The number of para-hydroxylation sites is 2. The highest BCUT2D eigenvalue weighted by atomic mass is 16.5. The summed E-state index contributed by atoms with van der Waals surface area (Å²) in [6.45, 7) is 0.0896. The van der Waals surface area contributed by atoms with Crippen LogP contribution in [0.3, 0.4) is 0 Å². The molecule has 2 heterocycles. The smallest absolute Gasteiger partial charge is 0.327 e. The minimum atomic E-state index is -0.333. The van der Waals surface area contributed by atoms with Crippen molar-refractivity contribution in [2.45, 2.75) is 6.54 Å². The second-order valence-electron chi connectivity index (χ2n) is 5.80. The molecule has 6 nitrogen and oxygen atoms in total. The quantitative estimate of drug-likeness (QED) is 0.531. The molecule has 0 amide bonds. The van der Waals surface area contributed by atoms with Crippen molar-refractivity contribution in [2.24, 2.45) is 0 Å². The van der Waals surface area contributed by atoms with Crippen molar-refractivity contribution in [1.82, 2.24) is 19.7 Å². The standard InChI is InChI=1S/C20H16N4O2/c1-26-20(25)13-24-10-9-16(23-24)14-5-4-6-15(11-14)19-12-21-17-7-2-3-8-18(17)22-19/h2-12H,13H2,1H3. The molecule has 0 spiro atoms. The molecule has 0 radical (unpaired) electrons. The van der Waals surface area contributed by atoms with Crippen LogP contribution in [0.25, 0.3) is 33.5 Å². The number of aromatic nitrogens is 4. The molecular weight excluding hydrogens is 328 g/mol. The number of benzene rings is 2. The fourth-order valence-corrected chi connectivity index (χ4v) is 2.73. The second kappa shape index (κ2) is 6.76. The molecule has 0 aliphatic rings. The zero-order chi connectivity index (χ0) is 17.9. The third kappa shape index (κ3) is 3.17. The van der Waals surface area contributed by atoms with Crippen LogP contribution in [0.15, 0.2) is 67.0 Å². The number of ether oxygens (including phenoxy) is 1. The molecule has 0 unspecified atom stereocenters. The van der Waals surface area contributed by atoms with Crippen molar-refractivity contribution in [1.29, 1.82) is 0 Å². The molecule has 26 heavy (non-hydrogen) atoms. The summed E-state index contributed by atoms with van der Waals surface area (Å²) in [5.41, 5.74) is 5.22. The molecule has 0 atom stereocenters. The van der Waals surface area contributed by atoms with E-state index in [9.17, 15) is 4.79 Å². The summed E-state index contributed by atoms with van der Waals surface area (Å²) in [5, 5.41) is 4.43. The summed E-state index contributed by atoms with van der Waals surface area (Å²) in [4.78, 5) is 20.5. The number of hydrogen-bond acceptors (Lipinski definition) is 5. The van der Waals surface area contributed by atoms with Crippen molar-refractivity contribution in [3.8, 4) is 22.5 Å². The van der Waals surface area contributed by atoms with Crippen molar-refractivity contribution in [3.63, 3.8) is 0 Å². The minimum Gasteiger partial charge on any atom is -0.468 e. The van der Waals surface area contributed by atoms with Crippen LogP contribution >= 0.6 is 0 Å². The average Bonchev–Trinajstić information content (AvgIpc) is 3.16. The fraction of sp³-hybridized carbons (Fsp3) is 0.100. The van der Waals surface area contributed by atoms with E-state index in [0.717, 1.165) is 33.5 Å². The molecular formula is C20H16N4O2. The lowest BCUT2D eigenvalue weighted by molar-refractivity contribution is -0.141. The number of methoxy groups -OCH3 is 1. The van der Waals surface area contributed by atoms with Gasteiger partial charge in [0.2, 0.25) is 0 Å². The second-order valence-corrected chi connectivity index (χ2v) is 5.80. The van der Waals surface area contributed by atoms with Crippen LogP contribution in [-0.4, -0.2) is 32.8 Å². The zero-order valence-electron chi connectivity index (χ0n) is 14.2. The van der Waals surface area contributed by atoms with Gasteiger partial charge in [0.1, 0.15) is 6.54 Å². The molecule has 4 aromatic rings. The summed E-state index contributed by atoms with van der Waals surface area (Å²) in [6.07, 6.45) is 3.53. The van der Waals surface area contributed by atoms with Crippen molar-refractivity contribution in [3.05, 3.63) is 67.0 Å². The highest BCUT2D eigenvalue weighted by molar-refractivity contribution is 5.78. The molecule has 0 N–H and O–H groups in total. The van der Waals surface area contributed by atoms with Gasteiger partial charge >= 0.3 is 5.97 Å². The molecule has 2 aromatic heterocycles. The highest BCUT2D eigenvalue weighted by Crippen LogP contribution is 2.25. The van der Waals surface area contributed by atoms with Crippen LogP contribution in [0.1, 0.15) is 0 Å². The largest absolute Gasteiger partial charge is 0.468 e. The van der Waals surface area contributed by atoms with Gasteiger partial charge < -0.3 is 4.74 Å². The van der Waals surface area contributed by atoms with E-state index < -0.39 is 0 Å². The van der Waals surface area contributed by atoms with Crippen molar-refractivity contribution < 1.29 is 9.53 Å². The van der Waals surface area contributed by atoms with Gasteiger partial charge in [0.05, 0.1) is 35.7 Å². The summed E-state index contributed by atoms with van der Waals surface area (Å²) in [6, 6.07) is 17.6. The number of nitrogens with zero attached hydrogens (tertiary/aromatic N) is 4. The predicted octanol–water partition coefficient (Wildman–Crippen LogP) is 3.33. The molecule has 2 aromatic carbocycles. The molecule has 0 saturated heterocycles. The third-order valence-corrected chi connectivity index (χ3v) is 4.06. The molecule has 128 valence electrons. The molecule has 0 aliphatic carbocycles. The summed E-state index contributed by atoms with van der Waals surface area (Å²) >= 11 is 0. The fourth-order valence-electron chi connectivity index (χ4n) is 2.73. The number of rotatable bonds is 4. The molecule has 0 aliphatic heterocycles. The number of carbonyl (C=O) groups excluding carboxylic acids is 1. The zero-order valence-corrected chi connectivity index (χ0v) is 14.2. The Bertz CT molecular complexity index is 1090. The van der Waals surface area contributed by atoms with E-state index in [1.807, 2.05) is 54.6 Å². The topological polar surface area (TPSA) is 69.9 Å². The van der Waals surface area contributed by atoms with Gasteiger partial charge in [-0.1, -0.05) is 30.3 Å². The van der Waals surface area contributed by atoms with E-state index >= 15 is 0 Å². The first kappa shape index (κ1) is 16.0.